The second-order valence-electron chi connectivity index (χ2n) is 6.47. The fraction of sp³-hybridized carbons (Fsp3) is 0.611. The van der Waals surface area contributed by atoms with Gasteiger partial charge >= 0.3 is 0 Å². The first-order chi connectivity index (χ1) is 10.1. The van der Waals surface area contributed by atoms with E-state index in [0.717, 1.165) is 6.42 Å². The van der Waals surface area contributed by atoms with E-state index in [2.05, 4.69) is 19.1 Å². The SMILES string of the molecule is Cc1ccccc1CN(C)C(=O)C(N)CC1CCCCC1. The minimum atomic E-state index is -0.345. The van der Waals surface area contributed by atoms with Crippen LogP contribution >= 0.6 is 0 Å². The van der Waals surface area contributed by atoms with Gasteiger partial charge in [-0.15, -0.1) is 0 Å². The minimum absolute atomic E-state index is 0.0730. The maximum absolute atomic E-state index is 12.4. The van der Waals surface area contributed by atoms with Crippen LogP contribution in [0.3, 0.4) is 0 Å². The van der Waals surface area contributed by atoms with Gasteiger partial charge in [0.2, 0.25) is 5.91 Å². The fourth-order valence-corrected chi connectivity index (χ4v) is 3.29. The van der Waals surface area contributed by atoms with Gasteiger partial charge in [-0.25, -0.2) is 0 Å². The normalized spacial score (nSPS) is 17.5. The van der Waals surface area contributed by atoms with Crippen molar-refractivity contribution in [2.75, 3.05) is 7.05 Å². The number of likely N-dealkylation sites (N-methyl/N-ethyl adjacent to an activating group) is 1. The van der Waals surface area contributed by atoms with Crippen molar-refractivity contribution in [1.29, 1.82) is 0 Å². The molecule has 1 aromatic carbocycles. The zero-order valence-corrected chi connectivity index (χ0v) is 13.3. The summed E-state index contributed by atoms with van der Waals surface area (Å²) in [6.07, 6.45) is 7.25. The minimum Gasteiger partial charge on any atom is -0.340 e. The molecule has 21 heavy (non-hydrogen) atoms. The lowest BCUT2D eigenvalue weighted by atomic mass is 9.85. The van der Waals surface area contributed by atoms with E-state index in [-0.39, 0.29) is 11.9 Å². The summed E-state index contributed by atoms with van der Waals surface area (Å²) in [6.45, 7) is 2.72. The van der Waals surface area contributed by atoms with Crippen molar-refractivity contribution in [1.82, 2.24) is 4.90 Å². The summed E-state index contributed by atoms with van der Waals surface area (Å²) in [5, 5.41) is 0. The topological polar surface area (TPSA) is 46.3 Å². The summed E-state index contributed by atoms with van der Waals surface area (Å²) in [5.41, 5.74) is 8.56. The van der Waals surface area contributed by atoms with Gasteiger partial charge < -0.3 is 10.6 Å². The highest BCUT2D eigenvalue weighted by atomic mass is 16.2. The largest absolute Gasteiger partial charge is 0.340 e. The first kappa shape index (κ1) is 16.0. The van der Waals surface area contributed by atoms with E-state index in [1.54, 1.807) is 4.90 Å². The van der Waals surface area contributed by atoms with Crippen LogP contribution in [0.5, 0.6) is 0 Å². The molecule has 0 aromatic heterocycles. The number of nitrogens with two attached hydrogens (primary N) is 1. The van der Waals surface area contributed by atoms with Crippen molar-refractivity contribution in [2.45, 2.75) is 58.0 Å². The number of carbonyl (C=O) groups excluding carboxylic acids is 1. The number of carbonyl (C=O) groups is 1. The predicted molar refractivity (Wildman–Crippen MR) is 86.8 cm³/mol. The Kier molecular flexibility index (Phi) is 5.80. The van der Waals surface area contributed by atoms with Crippen LogP contribution in [0, 0.1) is 12.8 Å². The van der Waals surface area contributed by atoms with Gasteiger partial charge in [0.1, 0.15) is 0 Å². The molecule has 0 bridgehead atoms. The van der Waals surface area contributed by atoms with Crippen LogP contribution < -0.4 is 5.73 Å². The number of hydrogen-bond acceptors (Lipinski definition) is 2. The molecule has 1 fully saturated rings. The van der Waals surface area contributed by atoms with Crippen LogP contribution in [0.4, 0.5) is 0 Å². The molecule has 1 aliphatic carbocycles. The summed E-state index contributed by atoms with van der Waals surface area (Å²) in [4.78, 5) is 14.2. The Labute approximate surface area is 128 Å². The third-order valence-electron chi connectivity index (χ3n) is 4.67. The Morgan fingerprint density at radius 2 is 1.95 bits per heavy atom. The molecular weight excluding hydrogens is 260 g/mol. The van der Waals surface area contributed by atoms with Crippen molar-refractivity contribution >= 4 is 5.91 Å². The Bertz CT molecular complexity index is 466. The molecule has 1 amide bonds. The Balaban J connectivity index is 1.87. The lowest BCUT2D eigenvalue weighted by molar-refractivity contribution is -0.132. The lowest BCUT2D eigenvalue weighted by Gasteiger charge is -2.27. The third kappa shape index (κ3) is 4.57. The van der Waals surface area contributed by atoms with Crippen molar-refractivity contribution < 1.29 is 4.79 Å². The second-order valence-corrected chi connectivity index (χ2v) is 6.47. The van der Waals surface area contributed by atoms with Crippen molar-refractivity contribution in [3.63, 3.8) is 0 Å². The second kappa shape index (κ2) is 7.60. The van der Waals surface area contributed by atoms with Crippen LogP contribution in [0.2, 0.25) is 0 Å². The van der Waals surface area contributed by atoms with E-state index in [0.29, 0.717) is 12.5 Å². The smallest absolute Gasteiger partial charge is 0.239 e. The highest BCUT2D eigenvalue weighted by Gasteiger charge is 2.23. The lowest BCUT2D eigenvalue weighted by Crippen LogP contribution is -2.42. The number of benzene rings is 1. The standard InChI is InChI=1S/C18H28N2O/c1-14-8-6-7-11-16(14)13-20(2)18(21)17(19)12-15-9-4-3-5-10-15/h6-8,11,15,17H,3-5,9-10,12-13,19H2,1-2H3. The molecule has 0 saturated heterocycles. The zero-order chi connectivity index (χ0) is 15.2. The van der Waals surface area contributed by atoms with Gasteiger partial charge in [-0.05, 0) is 30.4 Å². The number of rotatable bonds is 5. The van der Waals surface area contributed by atoms with Gasteiger partial charge in [-0.3, -0.25) is 4.79 Å². The van der Waals surface area contributed by atoms with Gasteiger partial charge in [0.25, 0.3) is 0 Å². The molecule has 1 aromatic rings. The van der Waals surface area contributed by atoms with E-state index < -0.39 is 0 Å². The predicted octanol–water partition coefficient (Wildman–Crippen LogP) is 3.25. The summed E-state index contributed by atoms with van der Waals surface area (Å²) in [5.74, 6) is 0.716. The monoisotopic (exact) mass is 288 g/mol. The van der Waals surface area contributed by atoms with Gasteiger partial charge in [-0.1, -0.05) is 56.4 Å². The average Bonchev–Trinajstić information content (AvgIpc) is 2.49. The van der Waals surface area contributed by atoms with E-state index in [1.807, 2.05) is 19.2 Å². The highest BCUT2D eigenvalue weighted by molar-refractivity contribution is 5.81. The van der Waals surface area contributed by atoms with Crippen LogP contribution in [-0.2, 0) is 11.3 Å². The Morgan fingerprint density at radius 3 is 2.62 bits per heavy atom. The van der Waals surface area contributed by atoms with Gasteiger partial charge in [0.05, 0.1) is 6.04 Å². The Morgan fingerprint density at radius 1 is 1.29 bits per heavy atom. The van der Waals surface area contributed by atoms with Crippen LogP contribution in [0.1, 0.15) is 49.7 Å². The molecule has 116 valence electrons. The van der Waals surface area contributed by atoms with Gasteiger partial charge in [0, 0.05) is 13.6 Å². The summed E-state index contributed by atoms with van der Waals surface area (Å²) >= 11 is 0. The molecule has 0 heterocycles. The molecule has 1 unspecified atom stereocenters. The van der Waals surface area contributed by atoms with E-state index in [1.165, 1.54) is 43.2 Å². The highest BCUT2D eigenvalue weighted by Crippen LogP contribution is 2.27. The molecule has 0 radical (unpaired) electrons. The Hall–Kier alpha value is -1.35. The molecule has 3 nitrogen and oxygen atoms in total. The molecule has 0 spiro atoms. The summed E-state index contributed by atoms with van der Waals surface area (Å²) in [6, 6.07) is 7.85. The fourth-order valence-electron chi connectivity index (χ4n) is 3.29. The molecule has 0 aliphatic heterocycles. The molecule has 1 aliphatic rings. The van der Waals surface area contributed by atoms with Gasteiger partial charge in [0.15, 0.2) is 0 Å². The van der Waals surface area contributed by atoms with Crippen LogP contribution in [0.15, 0.2) is 24.3 Å². The third-order valence-corrected chi connectivity index (χ3v) is 4.67. The summed E-state index contributed by atoms with van der Waals surface area (Å²) in [7, 11) is 1.86. The molecule has 1 atom stereocenters. The average molecular weight is 288 g/mol. The number of nitrogens with zero attached hydrogens (tertiary/aromatic N) is 1. The molecular formula is C18H28N2O. The quantitative estimate of drug-likeness (QED) is 0.904. The maximum Gasteiger partial charge on any atom is 0.239 e. The molecule has 2 rings (SSSR count). The first-order valence-corrected chi connectivity index (χ1v) is 8.13. The molecule has 3 heteroatoms. The van der Waals surface area contributed by atoms with E-state index in [4.69, 9.17) is 5.73 Å². The van der Waals surface area contributed by atoms with Crippen molar-refractivity contribution in [2.24, 2.45) is 11.7 Å². The number of hydrogen-bond donors (Lipinski definition) is 1. The van der Waals surface area contributed by atoms with Crippen LogP contribution in [0.25, 0.3) is 0 Å². The maximum atomic E-state index is 12.4. The van der Waals surface area contributed by atoms with Crippen molar-refractivity contribution in [3.8, 4) is 0 Å². The van der Waals surface area contributed by atoms with Crippen molar-refractivity contribution in [3.05, 3.63) is 35.4 Å². The van der Waals surface area contributed by atoms with E-state index in [9.17, 15) is 4.79 Å². The van der Waals surface area contributed by atoms with E-state index >= 15 is 0 Å². The van der Waals surface area contributed by atoms with Gasteiger partial charge in [-0.2, -0.15) is 0 Å². The molecule has 2 N–H and O–H groups in total. The van der Waals surface area contributed by atoms with Crippen LogP contribution in [-0.4, -0.2) is 23.9 Å². The summed E-state index contributed by atoms with van der Waals surface area (Å²) < 4.78 is 0. The number of amides is 1. The number of aryl methyl sites for hydroxylation is 1. The zero-order valence-electron chi connectivity index (χ0n) is 13.3. The first-order valence-electron chi connectivity index (χ1n) is 8.13. The molecule has 1 saturated carbocycles.